The summed E-state index contributed by atoms with van der Waals surface area (Å²) in [5.74, 6) is -0.882. The summed E-state index contributed by atoms with van der Waals surface area (Å²) in [6, 6.07) is 12.7. The van der Waals surface area contributed by atoms with Gasteiger partial charge in [0, 0.05) is 13.0 Å². The molecule has 24 heavy (non-hydrogen) atoms. The predicted octanol–water partition coefficient (Wildman–Crippen LogP) is 2.66. The maximum atomic E-state index is 13.0. The summed E-state index contributed by atoms with van der Waals surface area (Å²) in [7, 11) is -3.47. The van der Waals surface area contributed by atoms with Crippen LogP contribution < -0.4 is 5.32 Å². The highest BCUT2D eigenvalue weighted by Gasteiger charge is 2.16. The number of hydrogen-bond donors (Lipinski definition) is 1. The maximum absolute atomic E-state index is 13.0. The number of carbonyl (C=O) groups excluding carboxylic acids is 1. The van der Waals surface area contributed by atoms with Gasteiger partial charge in [-0.05, 0) is 43.2 Å². The predicted molar refractivity (Wildman–Crippen MR) is 91.0 cm³/mol. The van der Waals surface area contributed by atoms with Crippen LogP contribution in [0.15, 0.2) is 53.4 Å². The molecule has 4 nitrogen and oxygen atoms in total. The van der Waals surface area contributed by atoms with E-state index in [1.54, 1.807) is 36.4 Å². The minimum absolute atomic E-state index is 0.0979. The summed E-state index contributed by atoms with van der Waals surface area (Å²) >= 11 is 0. The van der Waals surface area contributed by atoms with Gasteiger partial charge in [0.15, 0.2) is 9.84 Å². The van der Waals surface area contributed by atoms with Gasteiger partial charge in [-0.1, -0.05) is 29.8 Å². The lowest BCUT2D eigenvalue weighted by atomic mass is 10.1. The van der Waals surface area contributed by atoms with Crippen molar-refractivity contribution in [2.45, 2.75) is 24.7 Å². The Bertz CT molecular complexity index is 801. The van der Waals surface area contributed by atoms with Gasteiger partial charge in [-0.3, -0.25) is 4.79 Å². The molecular formula is C18H20FNO3S. The molecular weight excluding hydrogens is 329 g/mol. The molecule has 0 bridgehead atoms. The molecule has 1 N–H and O–H groups in total. The smallest absolute Gasteiger partial charge is 0.221 e. The van der Waals surface area contributed by atoms with E-state index < -0.39 is 9.84 Å². The second-order valence-electron chi connectivity index (χ2n) is 5.61. The van der Waals surface area contributed by atoms with Crippen molar-refractivity contribution in [1.29, 1.82) is 0 Å². The van der Waals surface area contributed by atoms with Crippen LogP contribution in [0.25, 0.3) is 0 Å². The molecule has 0 fully saturated rings. The highest BCUT2D eigenvalue weighted by atomic mass is 32.2. The van der Waals surface area contributed by atoms with E-state index in [1.807, 2.05) is 6.92 Å². The molecule has 0 atom stereocenters. The van der Waals surface area contributed by atoms with Crippen molar-refractivity contribution in [2.24, 2.45) is 0 Å². The molecule has 128 valence electrons. The Kier molecular flexibility index (Phi) is 6.09. The maximum Gasteiger partial charge on any atom is 0.221 e. The Hall–Kier alpha value is -2.21. The van der Waals surface area contributed by atoms with Crippen molar-refractivity contribution in [3.8, 4) is 0 Å². The minimum Gasteiger partial charge on any atom is -0.356 e. The molecule has 0 saturated carbocycles. The van der Waals surface area contributed by atoms with Gasteiger partial charge >= 0.3 is 0 Å². The van der Waals surface area contributed by atoms with Gasteiger partial charge in [-0.25, -0.2) is 12.8 Å². The van der Waals surface area contributed by atoms with Crippen LogP contribution in [0.4, 0.5) is 4.39 Å². The lowest BCUT2D eigenvalue weighted by Gasteiger charge is -2.07. The first-order valence-corrected chi connectivity index (χ1v) is 9.32. The first-order valence-electron chi connectivity index (χ1n) is 7.67. The molecule has 2 aromatic carbocycles. The number of aryl methyl sites for hydroxylation is 1. The average molecular weight is 349 g/mol. The summed E-state index contributed by atoms with van der Waals surface area (Å²) in [6.07, 6.45) is 0.396. The number of rotatable bonds is 7. The van der Waals surface area contributed by atoms with Gasteiger partial charge in [0.1, 0.15) is 5.82 Å². The zero-order valence-corrected chi connectivity index (χ0v) is 14.3. The third kappa shape index (κ3) is 5.45. The number of sulfone groups is 1. The molecule has 0 saturated heterocycles. The monoisotopic (exact) mass is 349 g/mol. The Labute approximate surface area is 141 Å². The molecule has 1 amide bonds. The summed E-state index contributed by atoms with van der Waals surface area (Å²) in [6.45, 7) is 2.22. The van der Waals surface area contributed by atoms with Crippen molar-refractivity contribution in [2.75, 3.05) is 12.3 Å². The zero-order chi connectivity index (χ0) is 17.6. The van der Waals surface area contributed by atoms with Gasteiger partial charge < -0.3 is 5.32 Å². The van der Waals surface area contributed by atoms with Crippen LogP contribution in [-0.4, -0.2) is 26.6 Å². The lowest BCUT2D eigenvalue weighted by molar-refractivity contribution is -0.120. The van der Waals surface area contributed by atoms with Crippen LogP contribution in [0.5, 0.6) is 0 Å². The number of carbonyl (C=O) groups is 1. The fourth-order valence-corrected chi connectivity index (χ4v) is 3.46. The van der Waals surface area contributed by atoms with Crippen molar-refractivity contribution in [1.82, 2.24) is 5.32 Å². The van der Waals surface area contributed by atoms with Gasteiger partial charge in [-0.15, -0.1) is 0 Å². The topological polar surface area (TPSA) is 63.2 Å². The second kappa shape index (κ2) is 8.06. The van der Waals surface area contributed by atoms with Gasteiger partial charge in [0.05, 0.1) is 10.6 Å². The van der Waals surface area contributed by atoms with Crippen LogP contribution in [0, 0.1) is 12.7 Å². The third-order valence-corrected chi connectivity index (χ3v) is 5.33. The van der Waals surface area contributed by atoms with Crippen LogP contribution in [0.1, 0.15) is 17.5 Å². The van der Waals surface area contributed by atoms with Crippen LogP contribution in [-0.2, 0) is 21.1 Å². The molecule has 0 aromatic heterocycles. The summed E-state index contributed by atoms with van der Waals surface area (Å²) in [5.41, 5.74) is 1.76. The highest BCUT2D eigenvalue weighted by molar-refractivity contribution is 7.91. The lowest BCUT2D eigenvalue weighted by Crippen LogP contribution is -2.27. The van der Waals surface area contributed by atoms with E-state index in [9.17, 15) is 17.6 Å². The number of halogens is 1. The van der Waals surface area contributed by atoms with Gasteiger partial charge in [0.25, 0.3) is 0 Å². The molecule has 0 aliphatic carbocycles. The Balaban J connectivity index is 1.79. The fraction of sp³-hybridized carbons (Fsp3) is 0.278. The van der Waals surface area contributed by atoms with E-state index in [4.69, 9.17) is 0 Å². The Morgan fingerprint density at radius 2 is 1.83 bits per heavy atom. The first-order chi connectivity index (χ1) is 11.4. The normalized spacial score (nSPS) is 11.2. The third-order valence-electron chi connectivity index (χ3n) is 3.60. The van der Waals surface area contributed by atoms with Crippen molar-refractivity contribution < 1.29 is 17.6 Å². The largest absolute Gasteiger partial charge is 0.356 e. The SMILES string of the molecule is Cc1ccc(S(=O)(=O)CCC(=O)NCCc2cccc(F)c2)cc1. The zero-order valence-electron chi connectivity index (χ0n) is 13.5. The summed E-state index contributed by atoms with van der Waals surface area (Å²) in [5, 5.41) is 2.66. The summed E-state index contributed by atoms with van der Waals surface area (Å²) in [4.78, 5) is 12.0. The minimum atomic E-state index is -3.47. The van der Waals surface area contributed by atoms with Crippen LogP contribution in [0.3, 0.4) is 0 Å². The van der Waals surface area contributed by atoms with Crippen molar-refractivity contribution >= 4 is 15.7 Å². The van der Waals surface area contributed by atoms with Crippen molar-refractivity contribution in [3.05, 3.63) is 65.5 Å². The second-order valence-corrected chi connectivity index (χ2v) is 7.72. The first kappa shape index (κ1) is 18.1. The quantitative estimate of drug-likeness (QED) is 0.836. The van der Waals surface area contributed by atoms with Gasteiger partial charge in [0.2, 0.25) is 5.91 Å². The molecule has 2 rings (SSSR count). The molecule has 0 unspecified atom stereocenters. The number of amides is 1. The number of hydrogen-bond acceptors (Lipinski definition) is 3. The average Bonchev–Trinajstić information content (AvgIpc) is 2.54. The van der Waals surface area contributed by atoms with Crippen molar-refractivity contribution in [3.63, 3.8) is 0 Å². The summed E-state index contributed by atoms with van der Waals surface area (Å²) < 4.78 is 37.4. The highest BCUT2D eigenvalue weighted by Crippen LogP contribution is 2.13. The Morgan fingerprint density at radius 1 is 1.12 bits per heavy atom. The molecule has 0 spiro atoms. The molecule has 0 aliphatic rings. The van der Waals surface area contributed by atoms with Crippen LogP contribution in [0.2, 0.25) is 0 Å². The fourth-order valence-electron chi connectivity index (χ4n) is 2.22. The number of benzene rings is 2. The van der Waals surface area contributed by atoms with E-state index >= 15 is 0 Å². The molecule has 2 aromatic rings. The molecule has 0 heterocycles. The Morgan fingerprint density at radius 3 is 2.50 bits per heavy atom. The van der Waals surface area contributed by atoms with E-state index in [2.05, 4.69) is 5.32 Å². The molecule has 6 heteroatoms. The standard InChI is InChI=1S/C18H20FNO3S/c1-14-5-7-17(8-6-14)24(22,23)12-10-18(21)20-11-9-15-3-2-4-16(19)13-15/h2-8,13H,9-12H2,1H3,(H,20,21). The molecule has 0 aliphatic heterocycles. The van der Waals surface area contributed by atoms with Gasteiger partial charge in [-0.2, -0.15) is 0 Å². The number of nitrogens with one attached hydrogen (secondary N) is 1. The van der Waals surface area contributed by atoms with E-state index in [0.717, 1.165) is 11.1 Å². The van der Waals surface area contributed by atoms with E-state index in [0.29, 0.717) is 13.0 Å². The van der Waals surface area contributed by atoms with Crippen LogP contribution >= 0.6 is 0 Å². The van der Waals surface area contributed by atoms with E-state index in [-0.39, 0.29) is 28.8 Å². The van der Waals surface area contributed by atoms with E-state index in [1.165, 1.54) is 12.1 Å². The molecule has 0 radical (unpaired) electrons.